The molecule has 5 heteroatoms. The van der Waals surface area contributed by atoms with E-state index in [0.29, 0.717) is 13.2 Å². The fourth-order valence-corrected chi connectivity index (χ4v) is 1.60. The Morgan fingerprint density at radius 3 is 2.56 bits per heavy atom. The molecule has 0 saturated carbocycles. The molecule has 1 atom stereocenters. The van der Waals surface area contributed by atoms with Crippen LogP contribution in [-0.2, 0) is 9.53 Å². The summed E-state index contributed by atoms with van der Waals surface area (Å²) < 4.78 is 4.95. The molecule has 1 aliphatic rings. The fraction of sp³-hybridized carbons (Fsp3) is 0.909. The number of hydrogen-bond donors (Lipinski definition) is 1. The molecule has 0 aromatic heterocycles. The maximum atomic E-state index is 11.4. The third-order valence-corrected chi connectivity index (χ3v) is 2.81. The van der Waals surface area contributed by atoms with Crippen molar-refractivity contribution < 1.29 is 9.53 Å². The second-order valence-electron chi connectivity index (χ2n) is 4.31. The first-order valence-corrected chi connectivity index (χ1v) is 5.97. The summed E-state index contributed by atoms with van der Waals surface area (Å²) in [7, 11) is 2.12. The van der Waals surface area contributed by atoms with Gasteiger partial charge in [-0.25, -0.2) is 5.01 Å². The molecule has 0 amide bonds. The average Bonchev–Trinajstić information content (AvgIpc) is 2.28. The van der Waals surface area contributed by atoms with Gasteiger partial charge < -0.3 is 9.64 Å². The summed E-state index contributed by atoms with van der Waals surface area (Å²) in [6.45, 7) is 8.99. The Balaban J connectivity index is 2.16. The van der Waals surface area contributed by atoms with Gasteiger partial charge in [0.25, 0.3) is 0 Å². The Morgan fingerprint density at radius 2 is 2.00 bits per heavy atom. The van der Waals surface area contributed by atoms with Gasteiger partial charge in [0, 0.05) is 32.7 Å². The lowest BCUT2D eigenvalue weighted by atomic mass is 10.2. The Bertz CT molecular complexity index is 215. The zero-order valence-corrected chi connectivity index (χ0v) is 10.5. The van der Waals surface area contributed by atoms with Crippen molar-refractivity contribution in [2.75, 3.05) is 46.4 Å². The molecule has 1 fully saturated rings. The number of nitrogens with one attached hydrogen (secondary N) is 1. The third-order valence-electron chi connectivity index (χ3n) is 2.81. The second kappa shape index (κ2) is 6.83. The number of carbonyl (C=O) groups excluding carboxylic acids is 1. The fourth-order valence-electron chi connectivity index (χ4n) is 1.60. The van der Waals surface area contributed by atoms with Gasteiger partial charge in [-0.2, -0.15) is 0 Å². The van der Waals surface area contributed by atoms with Gasteiger partial charge in [0.15, 0.2) is 0 Å². The van der Waals surface area contributed by atoms with Crippen LogP contribution in [0.2, 0.25) is 0 Å². The molecule has 1 unspecified atom stereocenters. The van der Waals surface area contributed by atoms with Crippen molar-refractivity contribution in [3.05, 3.63) is 0 Å². The average molecular weight is 229 g/mol. The highest BCUT2D eigenvalue weighted by Crippen LogP contribution is 1.99. The summed E-state index contributed by atoms with van der Waals surface area (Å²) in [5.41, 5.74) is 3.29. The van der Waals surface area contributed by atoms with Crippen LogP contribution in [0.5, 0.6) is 0 Å². The molecule has 1 N–H and O–H groups in total. The van der Waals surface area contributed by atoms with E-state index in [2.05, 4.69) is 22.4 Å². The van der Waals surface area contributed by atoms with E-state index < -0.39 is 0 Å². The van der Waals surface area contributed by atoms with Gasteiger partial charge in [-0.1, -0.05) is 6.92 Å². The summed E-state index contributed by atoms with van der Waals surface area (Å²) in [5.74, 6) is -0.205. The summed E-state index contributed by atoms with van der Waals surface area (Å²) in [6.07, 6.45) is 0. The van der Waals surface area contributed by atoms with Gasteiger partial charge >= 0.3 is 5.97 Å². The van der Waals surface area contributed by atoms with E-state index in [9.17, 15) is 4.79 Å². The Morgan fingerprint density at radius 1 is 1.38 bits per heavy atom. The number of piperazine rings is 1. The van der Waals surface area contributed by atoms with Crippen molar-refractivity contribution in [3.63, 3.8) is 0 Å². The first kappa shape index (κ1) is 13.4. The standard InChI is InChI=1S/C11H23N3O2/c1-4-16-11(15)10(2)9-12-14-7-5-13(3)6-8-14/h10,12H,4-9H2,1-3H3. The molecule has 1 aliphatic heterocycles. The van der Waals surface area contributed by atoms with E-state index in [4.69, 9.17) is 4.74 Å². The molecule has 0 spiro atoms. The number of hydrogen-bond acceptors (Lipinski definition) is 5. The largest absolute Gasteiger partial charge is 0.466 e. The lowest BCUT2D eigenvalue weighted by Crippen LogP contribution is -2.52. The lowest BCUT2D eigenvalue weighted by molar-refractivity contribution is -0.147. The van der Waals surface area contributed by atoms with Crippen LogP contribution in [0.1, 0.15) is 13.8 Å². The molecule has 1 heterocycles. The summed E-state index contributed by atoms with van der Waals surface area (Å²) >= 11 is 0. The maximum Gasteiger partial charge on any atom is 0.309 e. The Kier molecular flexibility index (Phi) is 5.73. The zero-order chi connectivity index (χ0) is 12.0. The highest BCUT2D eigenvalue weighted by atomic mass is 16.5. The third kappa shape index (κ3) is 4.47. The van der Waals surface area contributed by atoms with Crippen LogP contribution >= 0.6 is 0 Å². The number of hydrazine groups is 1. The minimum absolute atomic E-state index is 0.0837. The zero-order valence-electron chi connectivity index (χ0n) is 10.5. The van der Waals surface area contributed by atoms with Gasteiger partial charge in [-0.3, -0.25) is 10.2 Å². The molecule has 0 radical (unpaired) electrons. The molecular weight excluding hydrogens is 206 g/mol. The van der Waals surface area contributed by atoms with E-state index >= 15 is 0 Å². The Labute approximate surface area is 97.7 Å². The Hall–Kier alpha value is -0.650. The first-order valence-electron chi connectivity index (χ1n) is 5.97. The van der Waals surface area contributed by atoms with Crippen LogP contribution in [-0.4, -0.2) is 62.3 Å². The number of carbonyl (C=O) groups is 1. The predicted octanol–water partition coefficient (Wildman–Crippen LogP) is -0.0624. The molecule has 0 bridgehead atoms. The van der Waals surface area contributed by atoms with Crippen molar-refractivity contribution in [1.82, 2.24) is 15.3 Å². The minimum Gasteiger partial charge on any atom is -0.466 e. The molecule has 1 saturated heterocycles. The SMILES string of the molecule is CCOC(=O)C(C)CNN1CCN(C)CC1. The highest BCUT2D eigenvalue weighted by Gasteiger charge is 2.17. The number of likely N-dealkylation sites (N-methyl/N-ethyl adjacent to an activating group) is 1. The van der Waals surface area contributed by atoms with Gasteiger partial charge in [-0.15, -0.1) is 0 Å². The molecule has 0 aromatic carbocycles. The van der Waals surface area contributed by atoms with Crippen molar-refractivity contribution in [3.8, 4) is 0 Å². The van der Waals surface area contributed by atoms with Crippen LogP contribution in [0, 0.1) is 5.92 Å². The monoisotopic (exact) mass is 229 g/mol. The molecule has 94 valence electrons. The van der Waals surface area contributed by atoms with Crippen molar-refractivity contribution >= 4 is 5.97 Å². The van der Waals surface area contributed by atoms with Crippen molar-refractivity contribution in [1.29, 1.82) is 0 Å². The van der Waals surface area contributed by atoms with Crippen LogP contribution < -0.4 is 5.43 Å². The van der Waals surface area contributed by atoms with Gasteiger partial charge in [0.1, 0.15) is 0 Å². The second-order valence-corrected chi connectivity index (χ2v) is 4.31. The van der Waals surface area contributed by atoms with Crippen LogP contribution in [0.15, 0.2) is 0 Å². The molecule has 0 aromatic rings. The van der Waals surface area contributed by atoms with E-state index in [0.717, 1.165) is 26.2 Å². The smallest absolute Gasteiger partial charge is 0.309 e. The van der Waals surface area contributed by atoms with E-state index in [1.54, 1.807) is 0 Å². The predicted molar refractivity (Wildman–Crippen MR) is 62.9 cm³/mol. The summed E-state index contributed by atoms with van der Waals surface area (Å²) in [4.78, 5) is 13.7. The number of esters is 1. The molecule has 1 rings (SSSR count). The van der Waals surface area contributed by atoms with Crippen molar-refractivity contribution in [2.45, 2.75) is 13.8 Å². The van der Waals surface area contributed by atoms with E-state index in [1.807, 2.05) is 13.8 Å². The molecule has 5 nitrogen and oxygen atoms in total. The van der Waals surface area contributed by atoms with Crippen LogP contribution in [0.3, 0.4) is 0 Å². The first-order chi connectivity index (χ1) is 7.63. The summed E-state index contributed by atoms with van der Waals surface area (Å²) in [5, 5.41) is 2.18. The number of rotatable bonds is 5. The minimum atomic E-state index is -0.121. The van der Waals surface area contributed by atoms with E-state index in [1.165, 1.54) is 0 Å². The lowest BCUT2D eigenvalue weighted by Gasteiger charge is -2.33. The molecule has 16 heavy (non-hydrogen) atoms. The quantitative estimate of drug-likeness (QED) is 0.669. The van der Waals surface area contributed by atoms with Gasteiger partial charge in [-0.05, 0) is 14.0 Å². The summed E-state index contributed by atoms with van der Waals surface area (Å²) in [6, 6.07) is 0. The molecular formula is C11H23N3O2. The molecule has 0 aliphatic carbocycles. The normalized spacial score (nSPS) is 20.7. The topological polar surface area (TPSA) is 44.8 Å². The van der Waals surface area contributed by atoms with Gasteiger partial charge in [0.05, 0.1) is 12.5 Å². The van der Waals surface area contributed by atoms with Gasteiger partial charge in [0.2, 0.25) is 0 Å². The number of nitrogens with zero attached hydrogens (tertiary/aromatic N) is 2. The van der Waals surface area contributed by atoms with Crippen LogP contribution in [0.4, 0.5) is 0 Å². The number of ether oxygens (including phenoxy) is 1. The maximum absolute atomic E-state index is 11.4. The highest BCUT2D eigenvalue weighted by molar-refractivity contribution is 5.72. The van der Waals surface area contributed by atoms with Crippen LogP contribution in [0.25, 0.3) is 0 Å². The van der Waals surface area contributed by atoms with E-state index in [-0.39, 0.29) is 11.9 Å². The van der Waals surface area contributed by atoms with Crippen molar-refractivity contribution in [2.24, 2.45) is 5.92 Å².